The second-order valence-electron chi connectivity index (χ2n) is 23.6. The van der Waals surface area contributed by atoms with Gasteiger partial charge in [0.15, 0.2) is 0 Å². The first-order valence-corrected chi connectivity index (χ1v) is 29.9. The molecule has 2 nitrogen and oxygen atoms in total. The van der Waals surface area contributed by atoms with E-state index in [0.717, 1.165) is 47.0 Å². The maximum absolute atomic E-state index is 2.57. The van der Waals surface area contributed by atoms with E-state index >= 15 is 0 Å². The minimum atomic E-state index is -0.420. The Hall–Kier alpha value is -10.0. The van der Waals surface area contributed by atoms with E-state index in [1.807, 2.05) is 0 Å². The van der Waals surface area contributed by atoms with Crippen molar-refractivity contribution in [2.24, 2.45) is 0 Å². The summed E-state index contributed by atoms with van der Waals surface area (Å²) in [6, 6.07) is 106. The zero-order valence-corrected chi connectivity index (χ0v) is 47.9. The van der Waals surface area contributed by atoms with Gasteiger partial charge in [-0.2, -0.15) is 0 Å². The molecule has 14 aromatic carbocycles. The van der Waals surface area contributed by atoms with Crippen molar-refractivity contribution in [2.75, 3.05) is 9.80 Å². The molecule has 2 aliphatic carbocycles. The third kappa shape index (κ3) is 7.63. The minimum absolute atomic E-state index is 0.420. The molecule has 0 heterocycles. The number of hydrogen-bond acceptors (Lipinski definition) is 2. The van der Waals surface area contributed by atoms with E-state index in [-0.39, 0.29) is 0 Å². The predicted molar refractivity (Wildman–Crippen MR) is 357 cm³/mol. The molecule has 16 rings (SSSR count). The number of anilines is 6. The Balaban J connectivity index is 0.900. The Labute approximate surface area is 492 Å². The number of hydrogen-bond donors (Lipinski definition) is 0. The summed E-state index contributed by atoms with van der Waals surface area (Å²) >= 11 is 0. The molecule has 0 bridgehead atoms. The van der Waals surface area contributed by atoms with Gasteiger partial charge in [0, 0.05) is 45.0 Å². The van der Waals surface area contributed by atoms with E-state index in [1.54, 1.807) is 0 Å². The Morgan fingerprint density at radius 3 is 0.821 bits per heavy atom. The summed E-state index contributed by atoms with van der Waals surface area (Å²) in [5, 5.41) is 12.3. The highest BCUT2D eigenvalue weighted by molar-refractivity contribution is 6.02. The lowest BCUT2D eigenvalue weighted by Gasteiger charge is -2.34. The highest BCUT2D eigenvalue weighted by Crippen LogP contribution is 2.60. The highest BCUT2D eigenvalue weighted by Gasteiger charge is 2.47. The molecule has 0 aliphatic heterocycles. The molecule has 84 heavy (non-hydrogen) atoms. The monoisotopic (exact) mass is 1070 g/mol. The van der Waals surface area contributed by atoms with E-state index in [2.05, 4.69) is 317 Å². The van der Waals surface area contributed by atoms with Crippen molar-refractivity contribution in [1.29, 1.82) is 0 Å². The summed E-state index contributed by atoms with van der Waals surface area (Å²) in [5.41, 5.74) is 21.8. The summed E-state index contributed by atoms with van der Waals surface area (Å²) in [5.74, 6) is 0. The lowest BCUT2D eigenvalue weighted by atomic mass is 9.69. The van der Waals surface area contributed by atoms with Gasteiger partial charge in [0.2, 0.25) is 0 Å². The number of benzene rings is 14. The largest absolute Gasteiger partial charge is 0.310 e. The second-order valence-corrected chi connectivity index (χ2v) is 23.6. The zero-order valence-electron chi connectivity index (χ0n) is 47.9. The van der Waals surface area contributed by atoms with Gasteiger partial charge in [-0.1, -0.05) is 207 Å². The average Bonchev–Trinajstić information content (AvgIpc) is 1.62. The molecule has 0 amide bonds. The van der Waals surface area contributed by atoms with Gasteiger partial charge in [-0.05, 0) is 233 Å². The standard InChI is InChI=1S/C82H62N2/c1-5-81(65-31-23-53(3)24-32-65)77-49-63-48-76-74-42-40-72(84(69-37-29-57-17-9-13-21-61(57)45-69)70-38-30-58-18-10-14-22-62(58)46-70)52-80(74)82(6-2,66-33-25-54(4)26-34-66)78(76)50-64(63)47-75(77)73-41-39-71(51-79(73)81)83(67-35-27-55-15-7-11-19-59(55)43-67)68-36-28-56-16-8-12-20-60(56)44-68/h7-52H,5-6H2,1-4H3. The average molecular weight is 1080 g/mol. The molecule has 400 valence electrons. The van der Waals surface area contributed by atoms with Crippen molar-refractivity contribution < 1.29 is 0 Å². The molecule has 2 atom stereocenters. The Bertz CT molecular complexity index is 4500. The van der Waals surface area contributed by atoms with Crippen LogP contribution in [0.4, 0.5) is 34.1 Å². The van der Waals surface area contributed by atoms with Crippen molar-refractivity contribution in [2.45, 2.75) is 51.4 Å². The molecule has 0 fully saturated rings. The van der Waals surface area contributed by atoms with Gasteiger partial charge in [-0.3, -0.25) is 0 Å². The first-order chi connectivity index (χ1) is 41.3. The molecule has 0 aromatic heterocycles. The maximum Gasteiger partial charge on any atom is 0.0468 e. The Morgan fingerprint density at radius 1 is 0.238 bits per heavy atom. The van der Waals surface area contributed by atoms with Crippen LogP contribution >= 0.6 is 0 Å². The smallest absolute Gasteiger partial charge is 0.0468 e. The molecule has 0 saturated heterocycles. The molecule has 2 unspecified atom stereocenters. The number of rotatable bonds is 10. The van der Waals surface area contributed by atoms with Gasteiger partial charge in [-0.25, -0.2) is 0 Å². The summed E-state index contributed by atoms with van der Waals surface area (Å²) in [4.78, 5) is 4.94. The van der Waals surface area contributed by atoms with Crippen molar-refractivity contribution in [1.82, 2.24) is 0 Å². The van der Waals surface area contributed by atoms with Gasteiger partial charge >= 0.3 is 0 Å². The van der Waals surface area contributed by atoms with Crippen LogP contribution in [-0.4, -0.2) is 0 Å². The van der Waals surface area contributed by atoms with Crippen LogP contribution in [0.1, 0.15) is 71.2 Å². The van der Waals surface area contributed by atoms with E-state index in [4.69, 9.17) is 0 Å². The summed E-state index contributed by atoms with van der Waals surface area (Å²) in [6.07, 6.45) is 1.79. The van der Waals surface area contributed by atoms with Gasteiger partial charge in [0.05, 0.1) is 0 Å². The lowest BCUT2D eigenvalue weighted by Crippen LogP contribution is -2.26. The van der Waals surface area contributed by atoms with Crippen molar-refractivity contribution >= 4 is 88.0 Å². The van der Waals surface area contributed by atoms with E-state index in [1.165, 1.54) is 121 Å². The van der Waals surface area contributed by atoms with Crippen LogP contribution in [0.2, 0.25) is 0 Å². The van der Waals surface area contributed by atoms with Gasteiger partial charge in [0.25, 0.3) is 0 Å². The SMILES string of the molecule is CCC1(c2ccc(C)cc2)c2cc(N(c3ccc4ccccc4c3)c3ccc4ccccc4c3)ccc2-c2cc3cc4c(cc3cc21)-c1ccc(N(c2ccc3ccccc3c2)c2ccc3ccccc3c2)cc1C4(CC)c1ccc(C)cc1. The molecule has 14 aromatic rings. The Morgan fingerprint density at radius 2 is 0.512 bits per heavy atom. The van der Waals surface area contributed by atoms with Crippen molar-refractivity contribution in [3.8, 4) is 22.3 Å². The summed E-state index contributed by atoms with van der Waals surface area (Å²) in [6.45, 7) is 9.20. The first-order valence-electron chi connectivity index (χ1n) is 29.9. The van der Waals surface area contributed by atoms with Crippen LogP contribution in [0.15, 0.2) is 279 Å². The molecule has 0 spiro atoms. The minimum Gasteiger partial charge on any atom is -0.310 e. The van der Waals surface area contributed by atoms with Gasteiger partial charge in [-0.15, -0.1) is 0 Å². The first kappa shape index (κ1) is 49.8. The fourth-order valence-corrected chi connectivity index (χ4v) is 14.9. The highest BCUT2D eigenvalue weighted by atomic mass is 15.1. The third-order valence-electron chi connectivity index (χ3n) is 19.2. The maximum atomic E-state index is 2.57. The number of aryl methyl sites for hydroxylation is 2. The molecule has 2 aliphatic rings. The molecular weight excluding hydrogens is 1010 g/mol. The van der Waals surface area contributed by atoms with E-state index in [9.17, 15) is 0 Å². The molecule has 0 saturated carbocycles. The lowest BCUT2D eigenvalue weighted by molar-refractivity contribution is 0.609. The van der Waals surface area contributed by atoms with Gasteiger partial charge < -0.3 is 9.80 Å². The third-order valence-corrected chi connectivity index (χ3v) is 19.2. The topological polar surface area (TPSA) is 6.48 Å². The second kappa shape index (κ2) is 19.3. The quantitative estimate of drug-likeness (QED) is 0.135. The fourth-order valence-electron chi connectivity index (χ4n) is 14.9. The molecular formula is C82H62N2. The van der Waals surface area contributed by atoms with E-state index < -0.39 is 10.8 Å². The molecule has 2 heteroatoms. The van der Waals surface area contributed by atoms with Crippen molar-refractivity contribution in [3.63, 3.8) is 0 Å². The van der Waals surface area contributed by atoms with Crippen LogP contribution < -0.4 is 9.80 Å². The molecule has 0 N–H and O–H groups in total. The number of nitrogens with zero attached hydrogens (tertiary/aromatic N) is 2. The summed E-state index contributed by atoms with van der Waals surface area (Å²) < 4.78 is 0. The van der Waals surface area contributed by atoms with Crippen LogP contribution in [-0.2, 0) is 10.8 Å². The van der Waals surface area contributed by atoms with Crippen LogP contribution in [0, 0.1) is 13.8 Å². The normalized spacial score (nSPS) is 15.8. The fraction of sp³-hybridized carbons (Fsp3) is 0.0976. The predicted octanol–water partition coefficient (Wildman–Crippen LogP) is 22.5. The molecule has 0 radical (unpaired) electrons. The van der Waals surface area contributed by atoms with Crippen LogP contribution in [0.5, 0.6) is 0 Å². The van der Waals surface area contributed by atoms with Crippen molar-refractivity contribution in [3.05, 3.63) is 324 Å². The van der Waals surface area contributed by atoms with Crippen LogP contribution in [0.25, 0.3) is 76.1 Å². The van der Waals surface area contributed by atoms with Gasteiger partial charge in [0.1, 0.15) is 0 Å². The zero-order chi connectivity index (χ0) is 56.3. The van der Waals surface area contributed by atoms with E-state index in [0.29, 0.717) is 0 Å². The Kier molecular flexibility index (Phi) is 11.4. The van der Waals surface area contributed by atoms with Crippen LogP contribution in [0.3, 0.4) is 0 Å². The summed E-state index contributed by atoms with van der Waals surface area (Å²) in [7, 11) is 0. The number of fused-ring (bicyclic) bond motifs is 11.